The molecule has 0 aromatic heterocycles. The highest BCUT2D eigenvalue weighted by Crippen LogP contribution is 2.37. The van der Waals surface area contributed by atoms with Crippen molar-refractivity contribution in [2.75, 3.05) is 14.2 Å². The Kier molecular flexibility index (Phi) is 4.70. The van der Waals surface area contributed by atoms with Crippen molar-refractivity contribution in [3.8, 4) is 11.5 Å². The Morgan fingerprint density at radius 3 is 2.29 bits per heavy atom. The first-order chi connectivity index (χ1) is 9.97. The lowest BCUT2D eigenvalue weighted by atomic mass is 9.95. The SMILES string of the molecule is COc1cc(Cl)c(C(N)c2cc(F)ccc2C)cc1OC. The number of nitrogens with two attached hydrogens (primary N) is 1. The summed E-state index contributed by atoms with van der Waals surface area (Å²) in [6.45, 7) is 1.88. The molecule has 2 aromatic rings. The van der Waals surface area contributed by atoms with Crippen LogP contribution in [0.3, 0.4) is 0 Å². The Balaban J connectivity index is 2.52. The Morgan fingerprint density at radius 2 is 1.67 bits per heavy atom. The number of hydrogen-bond donors (Lipinski definition) is 1. The first-order valence-corrected chi connectivity index (χ1v) is 6.78. The third-order valence-electron chi connectivity index (χ3n) is 3.41. The van der Waals surface area contributed by atoms with Gasteiger partial charge in [-0.15, -0.1) is 0 Å². The second-order valence-electron chi connectivity index (χ2n) is 4.71. The van der Waals surface area contributed by atoms with E-state index in [1.54, 1.807) is 18.2 Å². The summed E-state index contributed by atoms with van der Waals surface area (Å²) in [6, 6.07) is 7.34. The molecular weight excluding hydrogens is 293 g/mol. The van der Waals surface area contributed by atoms with Crippen molar-refractivity contribution in [2.45, 2.75) is 13.0 Å². The van der Waals surface area contributed by atoms with E-state index in [1.807, 2.05) is 6.92 Å². The molecule has 2 N–H and O–H groups in total. The molecule has 2 rings (SSSR count). The minimum absolute atomic E-state index is 0.331. The smallest absolute Gasteiger partial charge is 0.162 e. The second kappa shape index (κ2) is 6.33. The minimum atomic E-state index is -0.548. The van der Waals surface area contributed by atoms with Crippen LogP contribution < -0.4 is 15.2 Å². The normalized spacial score (nSPS) is 12.1. The Bertz CT molecular complexity index is 661. The lowest BCUT2D eigenvalue weighted by Crippen LogP contribution is -2.14. The van der Waals surface area contributed by atoms with Crippen LogP contribution in [0.2, 0.25) is 5.02 Å². The summed E-state index contributed by atoms with van der Waals surface area (Å²) >= 11 is 6.26. The predicted molar refractivity (Wildman–Crippen MR) is 81.7 cm³/mol. The van der Waals surface area contributed by atoms with Gasteiger partial charge in [0.2, 0.25) is 0 Å². The summed E-state index contributed by atoms with van der Waals surface area (Å²) in [5, 5.41) is 0.448. The van der Waals surface area contributed by atoms with Crippen molar-refractivity contribution in [1.29, 1.82) is 0 Å². The fourth-order valence-corrected chi connectivity index (χ4v) is 2.49. The van der Waals surface area contributed by atoms with Gasteiger partial charge >= 0.3 is 0 Å². The molecular formula is C16H17ClFNO2. The fourth-order valence-electron chi connectivity index (χ4n) is 2.22. The Morgan fingerprint density at radius 1 is 1.05 bits per heavy atom. The molecule has 0 saturated heterocycles. The minimum Gasteiger partial charge on any atom is -0.493 e. The quantitative estimate of drug-likeness (QED) is 0.933. The molecule has 1 unspecified atom stereocenters. The molecule has 112 valence electrons. The first-order valence-electron chi connectivity index (χ1n) is 6.41. The molecule has 0 heterocycles. The van der Waals surface area contributed by atoms with Crippen LogP contribution in [0.1, 0.15) is 22.7 Å². The largest absolute Gasteiger partial charge is 0.493 e. The van der Waals surface area contributed by atoms with Crippen molar-refractivity contribution in [1.82, 2.24) is 0 Å². The molecule has 0 fully saturated rings. The van der Waals surface area contributed by atoms with E-state index < -0.39 is 6.04 Å². The van der Waals surface area contributed by atoms with Crippen molar-refractivity contribution in [2.24, 2.45) is 5.73 Å². The average molecular weight is 310 g/mol. The molecule has 0 amide bonds. The van der Waals surface area contributed by atoms with Gasteiger partial charge in [-0.05, 0) is 41.8 Å². The highest BCUT2D eigenvalue weighted by atomic mass is 35.5. The van der Waals surface area contributed by atoms with Crippen LogP contribution >= 0.6 is 11.6 Å². The van der Waals surface area contributed by atoms with Crippen molar-refractivity contribution < 1.29 is 13.9 Å². The van der Waals surface area contributed by atoms with Gasteiger partial charge in [-0.25, -0.2) is 4.39 Å². The number of rotatable bonds is 4. The van der Waals surface area contributed by atoms with Crippen molar-refractivity contribution >= 4 is 11.6 Å². The number of halogens is 2. The van der Waals surface area contributed by atoms with E-state index >= 15 is 0 Å². The van der Waals surface area contributed by atoms with Crippen LogP contribution in [-0.4, -0.2) is 14.2 Å². The van der Waals surface area contributed by atoms with E-state index in [0.717, 1.165) is 5.56 Å². The molecule has 0 bridgehead atoms. The van der Waals surface area contributed by atoms with E-state index in [1.165, 1.54) is 26.4 Å². The van der Waals surface area contributed by atoms with Gasteiger partial charge in [-0.2, -0.15) is 0 Å². The topological polar surface area (TPSA) is 44.5 Å². The number of ether oxygens (including phenoxy) is 2. The van der Waals surface area contributed by atoms with Gasteiger partial charge in [-0.3, -0.25) is 0 Å². The Hall–Kier alpha value is -1.78. The molecule has 0 radical (unpaired) electrons. The van der Waals surface area contributed by atoms with E-state index in [9.17, 15) is 4.39 Å². The number of methoxy groups -OCH3 is 2. The van der Waals surface area contributed by atoms with E-state index in [4.69, 9.17) is 26.8 Å². The fraction of sp³-hybridized carbons (Fsp3) is 0.250. The third-order valence-corrected chi connectivity index (χ3v) is 3.74. The molecule has 0 aliphatic heterocycles. The van der Waals surface area contributed by atoms with Crippen LogP contribution in [0, 0.1) is 12.7 Å². The summed E-state index contributed by atoms with van der Waals surface area (Å²) in [7, 11) is 3.07. The molecule has 0 aliphatic rings. The maximum absolute atomic E-state index is 13.5. The number of aryl methyl sites for hydroxylation is 1. The molecule has 3 nitrogen and oxygen atoms in total. The van der Waals surface area contributed by atoms with Crippen molar-refractivity contribution in [3.63, 3.8) is 0 Å². The maximum Gasteiger partial charge on any atom is 0.162 e. The standard InChI is InChI=1S/C16H17ClFNO2/c1-9-4-5-10(18)6-11(9)16(19)12-7-14(20-2)15(21-3)8-13(12)17/h4-8,16H,19H2,1-3H3. The number of hydrogen-bond acceptors (Lipinski definition) is 3. The summed E-state index contributed by atoms with van der Waals surface area (Å²) in [5.74, 6) is 0.721. The zero-order valence-electron chi connectivity index (χ0n) is 12.1. The molecule has 21 heavy (non-hydrogen) atoms. The van der Waals surface area contributed by atoms with Gasteiger partial charge in [0, 0.05) is 11.1 Å². The van der Waals surface area contributed by atoms with Crippen LogP contribution in [0.15, 0.2) is 30.3 Å². The van der Waals surface area contributed by atoms with Crippen LogP contribution in [0.5, 0.6) is 11.5 Å². The average Bonchev–Trinajstić information content (AvgIpc) is 2.48. The van der Waals surface area contributed by atoms with Gasteiger partial charge in [0.05, 0.1) is 20.3 Å². The molecule has 2 aromatic carbocycles. The second-order valence-corrected chi connectivity index (χ2v) is 5.11. The maximum atomic E-state index is 13.5. The van der Waals surface area contributed by atoms with E-state index in [2.05, 4.69) is 0 Å². The molecule has 1 atom stereocenters. The van der Waals surface area contributed by atoms with Gasteiger partial charge in [0.1, 0.15) is 5.82 Å². The summed E-state index contributed by atoms with van der Waals surface area (Å²) in [4.78, 5) is 0. The van der Waals surface area contributed by atoms with Crippen molar-refractivity contribution in [3.05, 3.63) is 57.9 Å². The Labute approximate surface area is 128 Å². The molecule has 0 saturated carbocycles. The van der Waals surface area contributed by atoms with E-state index in [-0.39, 0.29) is 5.82 Å². The summed E-state index contributed by atoms with van der Waals surface area (Å²) < 4.78 is 23.9. The zero-order chi connectivity index (χ0) is 15.6. The first kappa shape index (κ1) is 15.6. The van der Waals surface area contributed by atoms with Gasteiger partial charge < -0.3 is 15.2 Å². The van der Waals surface area contributed by atoms with E-state index in [0.29, 0.717) is 27.6 Å². The van der Waals surface area contributed by atoms with Crippen LogP contribution in [0.4, 0.5) is 4.39 Å². The van der Waals surface area contributed by atoms with Gasteiger partial charge in [-0.1, -0.05) is 17.7 Å². The predicted octanol–water partition coefficient (Wildman–Crippen LogP) is 3.85. The number of benzene rings is 2. The monoisotopic (exact) mass is 309 g/mol. The van der Waals surface area contributed by atoms with Gasteiger partial charge in [0.25, 0.3) is 0 Å². The highest BCUT2D eigenvalue weighted by Gasteiger charge is 2.18. The van der Waals surface area contributed by atoms with Crippen LogP contribution in [-0.2, 0) is 0 Å². The third kappa shape index (κ3) is 3.12. The lowest BCUT2D eigenvalue weighted by molar-refractivity contribution is 0.354. The lowest BCUT2D eigenvalue weighted by Gasteiger charge is -2.19. The molecule has 0 spiro atoms. The highest BCUT2D eigenvalue weighted by molar-refractivity contribution is 6.31. The molecule has 5 heteroatoms. The van der Waals surface area contributed by atoms with Crippen LogP contribution in [0.25, 0.3) is 0 Å². The summed E-state index contributed by atoms with van der Waals surface area (Å²) in [6.07, 6.45) is 0. The summed E-state index contributed by atoms with van der Waals surface area (Å²) in [5.41, 5.74) is 8.49. The van der Waals surface area contributed by atoms with Gasteiger partial charge in [0.15, 0.2) is 11.5 Å². The zero-order valence-corrected chi connectivity index (χ0v) is 12.9. The molecule has 0 aliphatic carbocycles.